The molecule has 1 aromatic carbocycles. The van der Waals surface area contributed by atoms with Gasteiger partial charge in [0.25, 0.3) is 0 Å². The van der Waals surface area contributed by atoms with Crippen LogP contribution in [0.25, 0.3) is 11.0 Å². The molecule has 0 unspecified atom stereocenters. The molecule has 1 saturated heterocycles. The predicted molar refractivity (Wildman–Crippen MR) is 83.2 cm³/mol. The molecular weight excluding hydrogens is 320 g/mol. The summed E-state index contributed by atoms with van der Waals surface area (Å²) in [7, 11) is 0. The average molecular weight is 340 g/mol. The molecule has 2 heterocycles. The second kappa shape index (κ2) is 7.84. The maximum absolute atomic E-state index is 10.9. The van der Waals surface area contributed by atoms with E-state index in [0.717, 1.165) is 10.9 Å². The quantitative estimate of drug-likeness (QED) is 0.411. The summed E-state index contributed by atoms with van der Waals surface area (Å²) in [6, 6.07) is 9.01. The normalized spacial score (nSPS) is 29.8. The Morgan fingerprint density at radius 1 is 1.04 bits per heavy atom. The minimum absolute atomic E-state index is 0.286. The maximum Gasteiger partial charge on any atom is 0.336 e. The molecule has 8 nitrogen and oxygen atoms in total. The summed E-state index contributed by atoms with van der Waals surface area (Å²) >= 11 is 0. The first-order chi connectivity index (χ1) is 11.3. The highest BCUT2D eigenvalue weighted by Gasteiger charge is 2.42. The molecule has 132 valence electrons. The smallest absolute Gasteiger partial charge is 0.336 e. The largest absolute Gasteiger partial charge is 0.423 e. The summed E-state index contributed by atoms with van der Waals surface area (Å²) in [4.78, 5) is 10.9. The number of ether oxygens (including phenoxy) is 1. The number of aliphatic hydroxyl groups excluding tert-OH is 5. The monoisotopic (exact) mass is 340 g/mol. The fourth-order valence-corrected chi connectivity index (χ4v) is 2.36. The Labute approximate surface area is 137 Å². The summed E-state index contributed by atoms with van der Waals surface area (Å²) in [5, 5.41) is 45.7. The highest BCUT2D eigenvalue weighted by molar-refractivity contribution is 5.79. The van der Waals surface area contributed by atoms with E-state index < -0.39 is 37.3 Å². The number of aryl methyl sites for hydroxylation is 1. The van der Waals surface area contributed by atoms with E-state index in [1.807, 2.05) is 25.1 Å². The van der Waals surface area contributed by atoms with Crippen LogP contribution in [0.3, 0.4) is 0 Å². The summed E-state index contributed by atoms with van der Waals surface area (Å²) in [6.07, 6.45) is -7.04. The van der Waals surface area contributed by atoms with Crippen LogP contribution >= 0.6 is 0 Å². The number of benzene rings is 1. The summed E-state index contributed by atoms with van der Waals surface area (Å²) in [5.41, 5.74) is 1.33. The third-order valence-electron chi connectivity index (χ3n) is 3.72. The topological polar surface area (TPSA) is 141 Å². The Bertz CT molecular complexity index is 723. The second-order valence-electron chi connectivity index (χ2n) is 5.46. The van der Waals surface area contributed by atoms with Crippen LogP contribution in [-0.4, -0.2) is 62.8 Å². The van der Waals surface area contributed by atoms with Crippen LogP contribution in [0.5, 0.6) is 0 Å². The summed E-state index contributed by atoms with van der Waals surface area (Å²) < 4.78 is 9.56. The van der Waals surface area contributed by atoms with Crippen molar-refractivity contribution in [1.82, 2.24) is 0 Å². The van der Waals surface area contributed by atoms with Crippen molar-refractivity contribution < 1.29 is 34.7 Å². The van der Waals surface area contributed by atoms with E-state index in [4.69, 9.17) is 29.9 Å². The van der Waals surface area contributed by atoms with Crippen LogP contribution in [0.2, 0.25) is 0 Å². The first-order valence-corrected chi connectivity index (χ1v) is 7.33. The van der Waals surface area contributed by atoms with Gasteiger partial charge in [0.05, 0.1) is 6.61 Å². The first kappa shape index (κ1) is 18.5. The van der Waals surface area contributed by atoms with E-state index >= 15 is 0 Å². The van der Waals surface area contributed by atoms with Gasteiger partial charge in [-0.3, -0.25) is 0 Å². The Kier molecular flexibility index (Phi) is 6.05. The van der Waals surface area contributed by atoms with Gasteiger partial charge in [0.1, 0.15) is 30.0 Å². The van der Waals surface area contributed by atoms with Crippen LogP contribution in [0, 0.1) is 6.92 Å². The molecule has 5 atom stereocenters. The molecule has 3 rings (SSSR count). The molecule has 5 N–H and O–H groups in total. The molecule has 1 aromatic heterocycles. The number of fused-ring (bicyclic) bond motifs is 1. The van der Waals surface area contributed by atoms with Gasteiger partial charge in [0, 0.05) is 11.5 Å². The van der Waals surface area contributed by atoms with Crippen molar-refractivity contribution in [3.63, 3.8) is 0 Å². The average Bonchev–Trinajstić information content (AvgIpc) is 2.56. The van der Waals surface area contributed by atoms with Crippen LogP contribution in [0.15, 0.2) is 39.5 Å². The lowest BCUT2D eigenvalue weighted by atomic mass is 10.00. The van der Waals surface area contributed by atoms with Crippen molar-refractivity contribution in [2.75, 3.05) is 6.61 Å². The molecule has 0 bridgehead atoms. The third kappa shape index (κ3) is 3.99. The third-order valence-corrected chi connectivity index (χ3v) is 3.72. The summed E-state index contributed by atoms with van der Waals surface area (Å²) in [6.45, 7) is 1.38. The highest BCUT2D eigenvalue weighted by Crippen LogP contribution is 2.19. The number of hydrogen-bond acceptors (Lipinski definition) is 8. The Morgan fingerprint density at radius 3 is 2.38 bits per heavy atom. The van der Waals surface area contributed by atoms with Gasteiger partial charge in [-0.25, -0.2) is 4.79 Å². The lowest BCUT2D eigenvalue weighted by Crippen LogP contribution is -2.58. The fourth-order valence-electron chi connectivity index (χ4n) is 2.36. The van der Waals surface area contributed by atoms with Crippen molar-refractivity contribution in [2.24, 2.45) is 0 Å². The second-order valence-corrected chi connectivity index (χ2v) is 5.46. The van der Waals surface area contributed by atoms with Gasteiger partial charge in [0.15, 0.2) is 6.29 Å². The Hall–Kier alpha value is -1.81. The minimum atomic E-state index is -1.57. The van der Waals surface area contributed by atoms with Gasteiger partial charge >= 0.3 is 5.63 Å². The van der Waals surface area contributed by atoms with Crippen LogP contribution in [-0.2, 0) is 4.74 Å². The van der Waals surface area contributed by atoms with E-state index in [1.54, 1.807) is 6.07 Å². The number of hydrogen-bond donors (Lipinski definition) is 5. The highest BCUT2D eigenvalue weighted by atomic mass is 16.6. The van der Waals surface area contributed by atoms with Crippen molar-refractivity contribution in [3.05, 3.63) is 46.3 Å². The van der Waals surface area contributed by atoms with Crippen LogP contribution in [0.1, 0.15) is 5.56 Å². The van der Waals surface area contributed by atoms with Crippen LogP contribution in [0.4, 0.5) is 0 Å². The van der Waals surface area contributed by atoms with Gasteiger partial charge in [-0.15, -0.1) is 0 Å². The van der Waals surface area contributed by atoms with Crippen molar-refractivity contribution in [3.8, 4) is 0 Å². The molecular formula is C16H20O8. The molecule has 2 aromatic rings. The van der Waals surface area contributed by atoms with Gasteiger partial charge in [-0.2, -0.15) is 0 Å². The summed E-state index contributed by atoms with van der Waals surface area (Å²) in [5.74, 6) is 0. The lowest BCUT2D eigenvalue weighted by Gasteiger charge is -2.37. The molecule has 1 aliphatic heterocycles. The zero-order valence-electron chi connectivity index (χ0n) is 12.9. The molecule has 1 fully saturated rings. The lowest BCUT2D eigenvalue weighted by molar-refractivity contribution is -0.286. The molecule has 8 heteroatoms. The zero-order chi connectivity index (χ0) is 17.9. The van der Waals surface area contributed by atoms with Gasteiger partial charge in [-0.1, -0.05) is 18.2 Å². The molecule has 0 aliphatic carbocycles. The minimum Gasteiger partial charge on any atom is -0.423 e. The standard InChI is InChI=1S/C10H8O2.C6H12O6/c1-7-6-10(11)12-9-5-3-2-4-8(7)9;7-1-2-3(8)4(9)5(10)6(11)12-2/h2-6H,1H3;2-11H,1H2/t;2-,3+,4+,5-,6-/m.1/s1. The SMILES string of the molecule is Cc1cc(=O)oc2ccccc12.OC[C@H]1O[C@@H](O)[C@H](O)[C@@H](O)[C@H]1O. The van der Waals surface area contributed by atoms with Crippen LogP contribution < -0.4 is 5.63 Å². The van der Waals surface area contributed by atoms with Gasteiger partial charge in [0.2, 0.25) is 0 Å². The van der Waals surface area contributed by atoms with E-state index in [1.165, 1.54) is 6.07 Å². The Balaban J connectivity index is 0.000000174. The van der Waals surface area contributed by atoms with Crippen molar-refractivity contribution in [1.29, 1.82) is 0 Å². The molecule has 0 amide bonds. The molecule has 0 saturated carbocycles. The molecule has 24 heavy (non-hydrogen) atoms. The van der Waals surface area contributed by atoms with E-state index in [2.05, 4.69) is 4.74 Å². The number of para-hydroxylation sites is 1. The van der Waals surface area contributed by atoms with E-state index in [-0.39, 0.29) is 5.63 Å². The predicted octanol–water partition coefficient (Wildman–Crippen LogP) is -1.12. The molecule has 0 radical (unpaired) electrons. The van der Waals surface area contributed by atoms with Crippen molar-refractivity contribution in [2.45, 2.75) is 37.6 Å². The van der Waals surface area contributed by atoms with E-state index in [9.17, 15) is 4.79 Å². The molecule has 0 spiro atoms. The first-order valence-electron chi connectivity index (χ1n) is 7.33. The van der Waals surface area contributed by atoms with Gasteiger partial charge < -0.3 is 34.7 Å². The van der Waals surface area contributed by atoms with Crippen molar-refractivity contribution >= 4 is 11.0 Å². The van der Waals surface area contributed by atoms with Gasteiger partial charge in [-0.05, 0) is 18.6 Å². The Morgan fingerprint density at radius 2 is 1.71 bits per heavy atom. The molecule has 1 aliphatic rings. The number of rotatable bonds is 1. The van der Waals surface area contributed by atoms with E-state index in [0.29, 0.717) is 5.58 Å². The fraction of sp³-hybridized carbons (Fsp3) is 0.438. The zero-order valence-corrected chi connectivity index (χ0v) is 12.9. The number of aliphatic hydroxyl groups is 5. The maximum atomic E-state index is 10.9.